The molecule has 0 bridgehead atoms. The van der Waals surface area contributed by atoms with E-state index in [1.807, 2.05) is 33.8 Å². The van der Waals surface area contributed by atoms with E-state index in [0.29, 0.717) is 24.8 Å². The summed E-state index contributed by atoms with van der Waals surface area (Å²) in [7, 11) is 0. The van der Waals surface area contributed by atoms with Crippen molar-refractivity contribution >= 4 is 23.9 Å². The Morgan fingerprint density at radius 3 is 2.35 bits per heavy atom. The number of ether oxygens (including phenoxy) is 5. The second kappa shape index (κ2) is 9.89. The van der Waals surface area contributed by atoms with Crippen molar-refractivity contribution in [2.45, 2.75) is 117 Å². The SMILES string of the molecule is CCCC(=O)O[C@H]1[C@@H](OC(C)=O)C/C(C)=C\[C@H]2OC(=O)C(C)=C2C[C@@H]2[C@]3(C)O[C@@H]3C[C@@H](OC(C)=O)[C@]21C. The molecule has 4 aliphatic rings. The molecule has 0 N–H and O–H groups in total. The van der Waals surface area contributed by atoms with Crippen molar-refractivity contribution in [3.8, 4) is 0 Å². The summed E-state index contributed by atoms with van der Waals surface area (Å²) in [5.74, 6) is -2.10. The first-order chi connectivity index (χ1) is 17.3. The van der Waals surface area contributed by atoms with Crippen LogP contribution in [0, 0.1) is 11.3 Å². The van der Waals surface area contributed by atoms with Gasteiger partial charge >= 0.3 is 23.9 Å². The van der Waals surface area contributed by atoms with Crippen molar-refractivity contribution in [3.63, 3.8) is 0 Å². The molecular formula is C28H38O9. The Morgan fingerprint density at radius 2 is 1.73 bits per heavy atom. The fourth-order valence-electron chi connectivity index (χ4n) is 6.65. The number of hydrogen-bond acceptors (Lipinski definition) is 9. The van der Waals surface area contributed by atoms with Crippen LogP contribution in [0.4, 0.5) is 0 Å². The summed E-state index contributed by atoms with van der Waals surface area (Å²) in [5.41, 5.74) is 0.593. The lowest BCUT2D eigenvalue weighted by molar-refractivity contribution is -0.209. The normalized spacial score (nSPS) is 40.2. The average Bonchev–Trinajstić information content (AvgIpc) is 3.37. The first-order valence-corrected chi connectivity index (χ1v) is 13.1. The molecule has 0 aromatic carbocycles. The van der Waals surface area contributed by atoms with E-state index in [1.54, 1.807) is 6.92 Å². The van der Waals surface area contributed by atoms with E-state index in [0.717, 1.165) is 11.1 Å². The zero-order valence-corrected chi connectivity index (χ0v) is 22.8. The molecule has 2 aliphatic heterocycles. The summed E-state index contributed by atoms with van der Waals surface area (Å²) in [4.78, 5) is 50.2. The molecule has 0 radical (unpaired) electrons. The first kappa shape index (κ1) is 27.4. The van der Waals surface area contributed by atoms with Crippen molar-refractivity contribution in [1.82, 2.24) is 0 Å². The zero-order valence-electron chi connectivity index (χ0n) is 22.8. The fraction of sp³-hybridized carbons (Fsp3) is 0.714. The van der Waals surface area contributed by atoms with Crippen LogP contribution < -0.4 is 0 Å². The summed E-state index contributed by atoms with van der Waals surface area (Å²) in [6.45, 7) is 12.1. The molecule has 37 heavy (non-hydrogen) atoms. The van der Waals surface area contributed by atoms with Crippen LogP contribution >= 0.6 is 0 Å². The van der Waals surface area contributed by atoms with Gasteiger partial charge in [-0.3, -0.25) is 14.4 Å². The molecule has 9 heteroatoms. The molecule has 8 atom stereocenters. The van der Waals surface area contributed by atoms with Gasteiger partial charge in [0.05, 0.1) is 17.1 Å². The van der Waals surface area contributed by atoms with Crippen molar-refractivity contribution in [1.29, 1.82) is 0 Å². The largest absolute Gasteiger partial charge is 0.462 e. The van der Waals surface area contributed by atoms with Crippen molar-refractivity contribution in [2.75, 3.05) is 0 Å². The molecule has 2 aliphatic carbocycles. The Kier molecular flexibility index (Phi) is 7.31. The van der Waals surface area contributed by atoms with Gasteiger partial charge < -0.3 is 23.7 Å². The Bertz CT molecular complexity index is 1060. The number of rotatable bonds is 5. The maximum atomic E-state index is 13.0. The molecule has 1 saturated heterocycles. The van der Waals surface area contributed by atoms with Gasteiger partial charge in [-0.05, 0) is 45.3 Å². The van der Waals surface area contributed by atoms with Gasteiger partial charge in [0.15, 0.2) is 0 Å². The highest BCUT2D eigenvalue weighted by molar-refractivity contribution is 5.92. The molecule has 0 amide bonds. The number of carbonyl (C=O) groups excluding carboxylic acids is 4. The summed E-state index contributed by atoms with van der Waals surface area (Å²) in [6.07, 6.45) is 0.575. The molecule has 0 spiro atoms. The topological polar surface area (TPSA) is 118 Å². The van der Waals surface area contributed by atoms with E-state index < -0.39 is 53.3 Å². The summed E-state index contributed by atoms with van der Waals surface area (Å²) >= 11 is 0. The number of epoxide rings is 1. The van der Waals surface area contributed by atoms with Gasteiger partial charge in [0.2, 0.25) is 0 Å². The average molecular weight is 519 g/mol. The van der Waals surface area contributed by atoms with Crippen LogP contribution in [0.15, 0.2) is 22.8 Å². The number of esters is 4. The van der Waals surface area contributed by atoms with E-state index in [4.69, 9.17) is 23.7 Å². The van der Waals surface area contributed by atoms with Crippen LogP contribution in [0.3, 0.4) is 0 Å². The Morgan fingerprint density at radius 1 is 1.05 bits per heavy atom. The minimum atomic E-state index is -1.00. The quantitative estimate of drug-likeness (QED) is 0.232. The zero-order chi connectivity index (χ0) is 27.3. The Labute approximate surface area is 217 Å². The van der Waals surface area contributed by atoms with Gasteiger partial charge in [-0.15, -0.1) is 0 Å². The number of hydrogen-bond donors (Lipinski definition) is 0. The summed E-state index contributed by atoms with van der Waals surface area (Å²) in [6, 6.07) is 0. The molecule has 1 saturated carbocycles. The third kappa shape index (κ3) is 4.94. The maximum Gasteiger partial charge on any atom is 0.334 e. The third-order valence-electron chi connectivity index (χ3n) is 8.58. The number of fused-ring (bicyclic) bond motifs is 4. The van der Waals surface area contributed by atoms with Crippen LogP contribution in [0.1, 0.15) is 80.6 Å². The van der Waals surface area contributed by atoms with E-state index in [9.17, 15) is 19.2 Å². The van der Waals surface area contributed by atoms with Gasteiger partial charge in [0.25, 0.3) is 0 Å². The van der Waals surface area contributed by atoms with Gasteiger partial charge in [-0.1, -0.05) is 19.4 Å². The van der Waals surface area contributed by atoms with Crippen LogP contribution in [0.25, 0.3) is 0 Å². The molecule has 0 aromatic heterocycles. The number of carbonyl (C=O) groups is 4. The highest BCUT2D eigenvalue weighted by atomic mass is 16.6. The maximum absolute atomic E-state index is 13.0. The van der Waals surface area contributed by atoms with E-state index in [2.05, 4.69) is 0 Å². The summed E-state index contributed by atoms with van der Waals surface area (Å²) in [5, 5.41) is 0. The minimum absolute atomic E-state index is 0.160. The lowest BCUT2D eigenvalue weighted by atomic mass is 9.55. The second-order valence-corrected chi connectivity index (χ2v) is 11.2. The molecule has 2 fully saturated rings. The minimum Gasteiger partial charge on any atom is -0.462 e. The van der Waals surface area contributed by atoms with Gasteiger partial charge in [0.1, 0.15) is 24.4 Å². The second-order valence-electron chi connectivity index (χ2n) is 11.2. The lowest BCUT2D eigenvalue weighted by Crippen LogP contribution is -2.62. The third-order valence-corrected chi connectivity index (χ3v) is 8.58. The Hall–Kier alpha value is -2.68. The van der Waals surface area contributed by atoms with E-state index >= 15 is 0 Å². The van der Waals surface area contributed by atoms with Gasteiger partial charge in [-0.2, -0.15) is 0 Å². The highest BCUT2D eigenvalue weighted by Gasteiger charge is 2.72. The first-order valence-electron chi connectivity index (χ1n) is 13.1. The molecule has 2 heterocycles. The molecule has 9 nitrogen and oxygen atoms in total. The van der Waals surface area contributed by atoms with Gasteiger partial charge in [-0.25, -0.2) is 4.79 Å². The van der Waals surface area contributed by atoms with Gasteiger partial charge in [0, 0.05) is 44.6 Å². The van der Waals surface area contributed by atoms with Crippen molar-refractivity contribution < 1.29 is 42.9 Å². The molecular weight excluding hydrogens is 480 g/mol. The highest BCUT2D eigenvalue weighted by Crippen LogP contribution is 2.63. The predicted molar refractivity (Wildman–Crippen MR) is 131 cm³/mol. The van der Waals surface area contributed by atoms with Crippen LogP contribution in [0.2, 0.25) is 0 Å². The van der Waals surface area contributed by atoms with Crippen LogP contribution in [0.5, 0.6) is 0 Å². The molecule has 0 unspecified atom stereocenters. The van der Waals surface area contributed by atoms with E-state index in [1.165, 1.54) is 13.8 Å². The van der Waals surface area contributed by atoms with E-state index in [-0.39, 0.29) is 30.8 Å². The monoisotopic (exact) mass is 518 g/mol. The lowest BCUT2D eigenvalue weighted by Gasteiger charge is -2.52. The van der Waals surface area contributed by atoms with Crippen molar-refractivity contribution in [2.24, 2.45) is 11.3 Å². The fourth-order valence-corrected chi connectivity index (χ4v) is 6.65. The predicted octanol–water partition coefficient (Wildman–Crippen LogP) is 3.73. The molecule has 0 aromatic rings. The summed E-state index contributed by atoms with van der Waals surface area (Å²) < 4.78 is 29.8. The molecule has 204 valence electrons. The molecule has 4 rings (SSSR count). The van der Waals surface area contributed by atoms with Crippen molar-refractivity contribution in [3.05, 3.63) is 22.8 Å². The van der Waals surface area contributed by atoms with Crippen LogP contribution in [-0.2, 0) is 42.9 Å². The smallest absolute Gasteiger partial charge is 0.334 e. The Balaban J connectivity index is 1.93. The standard InChI is InChI=1S/C28H38O9/c1-8-9-24(31)36-25-20(33-16(4)29)11-14(2)10-19-18(15(3)26(32)35-19)12-21-27(25,6)22(34-17(5)30)13-23-28(21,7)37-23/h10,19-23,25H,8-9,11-13H2,1-7H3/b14-10-/t19-,20+,21+,22-,23-,25+,27+,28+/m1/s1. The van der Waals surface area contributed by atoms with Crippen LogP contribution in [-0.4, -0.2) is 60.0 Å².